The average molecular weight is 426 g/mol. The van der Waals surface area contributed by atoms with E-state index in [0.717, 1.165) is 19.1 Å². The van der Waals surface area contributed by atoms with Crippen molar-refractivity contribution in [2.45, 2.75) is 11.8 Å². The summed E-state index contributed by atoms with van der Waals surface area (Å²) < 4.78 is 51.0. The summed E-state index contributed by atoms with van der Waals surface area (Å²) in [5.74, 6) is -3.72. The first kappa shape index (κ1) is 19.7. The maximum atomic E-state index is 13.6. The zero-order chi connectivity index (χ0) is 20.5. The lowest BCUT2D eigenvalue weighted by atomic mass is 10.1. The molecule has 0 saturated carbocycles. The van der Waals surface area contributed by atoms with Gasteiger partial charge in [0.1, 0.15) is 5.82 Å². The lowest BCUT2D eigenvalue weighted by Crippen LogP contribution is -2.13. The van der Waals surface area contributed by atoms with Gasteiger partial charge in [-0.2, -0.15) is 0 Å². The van der Waals surface area contributed by atoms with Crippen molar-refractivity contribution in [3.63, 3.8) is 0 Å². The molecule has 28 heavy (non-hydrogen) atoms. The second-order valence-corrected chi connectivity index (χ2v) is 7.66. The smallest absolute Gasteiger partial charge is 0.308 e. The molecule has 2 N–H and O–H groups in total. The molecule has 7 nitrogen and oxygen atoms in total. The van der Waals surface area contributed by atoms with Crippen molar-refractivity contribution in [2.24, 2.45) is 0 Å². The highest BCUT2D eigenvalue weighted by Gasteiger charge is 2.29. The SMILES string of the molecule is CC(=O)Oc1c(NS(=O)(=O)c2ccccc2)oc(-c2cc(F)ccc2Cl)c1O. The summed E-state index contributed by atoms with van der Waals surface area (Å²) >= 11 is 6.01. The van der Waals surface area contributed by atoms with Crippen LogP contribution in [0.4, 0.5) is 10.3 Å². The molecule has 0 aliphatic heterocycles. The minimum absolute atomic E-state index is 0.0253. The van der Waals surface area contributed by atoms with Gasteiger partial charge in [-0.25, -0.2) is 17.5 Å². The molecule has 2 aromatic carbocycles. The molecule has 0 amide bonds. The van der Waals surface area contributed by atoms with Gasteiger partial charge in [-0.15, -0.1) is 0 Å². The van der Waals surface area contributed by atoms with Gasteiger partial charge in [0.2, 0.25) is 11.5 Å². The molecular formula is C18H13ClFNO6S. The summed E-state index contributed by atoms with van der Waals surface area (Å²) in [6.07, 6.45) is 0. The molecule has 0 radical (unpaired) electrons. The second kappa shape index (κ2) is 7.53. The number of halogens is 2. The van der Waals surface area contributed by atoms with E-state index in [0.29, 0.717) is 0 Å². The Bertz CT molecular complexity index is 1140. The van der Waals surface area contributed by atoms with Crippen molar-refractivity contribution in [2.75, 3.05) is 4.72 Å². The maximum absolute atomic E-state index is 13.6. The third kappa shape index (κ3) is 3.95. The molecule has 0 saturated heterocycles. The monoisotopic (exact) mass is 425 g/mol. The molecule has 0 fully saturated rings. The van der Waals surface area contributed by atoms with Gasteiger partial charge in [0.15, 0.2) is 5.76 Å². The fourth-order valence-electron chi connectivity index (χ4n) is 2.35. The Morgan fingerprint density at radius 2 is 1.89 bits per heavy atom. The van der Waals surface area contributed by atoms with Crippen LogP contribution in [-0.4, -0.2) is 19.5 Å². The van der Waals surface area contributed by atoms with Crippen molar-refractivity contribution in [1.82, 2.24) is 0 Å². The van der Waals surface area contributed by atoms with Gasteiger partial charge >= 0.3 is 5.97 Å². The van der Waals surface area contributed by atoms with Crippen molar-refractivity contribution in [1.29, 1.82) is 0 Å². The predicted octanol–water partition coefficient (Wildman–Crippen LogP) is 4.17. The first-order chi connectivity index (χ1) is 13.2. The first-order valence-electron chi connectivity index (χ1n) is 7.76. The number of benzene rings is 2. The van der Waals surface area contributed by atoms with Crippen LogP contribution < -0.4 is 9.46 Å². The topological polar surface area (TPSA) is 106 Å². The molecule has 10 heteroatoms. The number of hydrogen-bond acceptors (Lipinski definition) is 6. The predicted molar refractivity (Wildman–Crippen MR) is 99.3 cm³/mol. The largest absolute Gasteiger partial charge is 0.502 e. The van der Waals surface area contributed by atoms with Crippen LogP contribution in [0.15, 0.2) is 57.8 Å². The fraction of sp³-hybridized carbons (Fsp3) is 0.0556. The van der Waals surface area contributed by atoms with E-state index in [1.165, 1.54) is 30.3 Å². The average Bonchev–Trinajstić information content (AvgIpc) is 2.93. The van der Waals surface area contributed by atoms with Crippen LogP contribution in [0.1, 0.15) is 6.92 Å². The van der Waals surface area contributed by atoms with Crippen LogP contribution in [0, 0.1) is 5.82 Å². The van der Waals surface area contributed by atoms with Gasteiger partial charge in [0, 0.05) is 12.5 Å². The van der Waals surface area contributed by atoms with Gasteiger partial charge < -0.3 is 14.3 Å². The maximum Gasteiger partial charge on any atom is 0.308 e. The molecule has 0 spiro atoms. The van der Waals surface area contributed by atoms with Gasteiger partial charge in [-0.05, 0) is 30.3 Å². The highest BCUT2D eigenvalue weighted by atomic mass is 35.5. The Balaban J connectivity index is 2.13. The van der Waals surface area contributed by atoms with E-state index in [1.807, 2.05) is 0 Å². The van der Waals surface area contributed by atoms with Crippen LogP contribution >= 0.6 is 11.6 Å². The number of furan rings is 1. The van der Waals surface area contributed by atoms with E-state index in [4.69, 9.17) is 20.8 Å². The number of aromatic hydroxyl groups is 1. The molecule has 0 atom stereocenters. The quantitative estimate of drug-likeness (QED) is 0.594. The number of carbonyl (C=O) groups is 1. The van der Waals surface area contributed by atoms with Crippen LogP contribution in [0.2, 0.25) is 5.02 Å². The molecule has 146 valence electrons. The van der Waals surface area contributed by atoms with Gasteiger partial charge in [0.25, 0.3) is 15.9 Å². The number of anilines is 1. The molecule has 3 rings (SSSR count). The molecule has 0 aliphatic carbocycles. The van der Waals surface area contributed by atoms with Crippen molar-refractivity contribution < 1.29 is 31.9 Å². The Labute approximate surface area is 164 Å². The molecule has 0 bridgehead atoms. The zero-order valence-electron chi connectivity index (χ0n) is 14.3. The Hall–Kier alpha value is -3.04. The lowest BCUT2D eigenvalue weighted by molar-refractivity contribution is -0.131. The number of rotatable bonds is 5. The Kier molecular flexibility index (Phi) is 5.30. The van der Waals surface area contributed by atoms with Crippen LogP contribution in [-0.2, 0) is 14.8 Å². The summed E-state index contributed by atoms with van der Waals surface area (Å²) in [7, 11) is -4.13. The summed E-state index contributed by atoms with van der Waals surface area (Å²) in [4.78, 5) is 11.3. The molecule has 0 unspecified atom stereocenters. The summed E-state index contributed by atoms with van der Waals surface area (Å²) in [6, 6.07) is 10.6. The van der Waals surface area contributed by atoms with Crippen LogP contribution in [0.25, 0.3) is 11.3 Å². The van der Waals surface area contributed by atoms with E-state index < -0.39 is 39.2 Å². The highest BCUT2D eigenvalue weighted by molar-refractivity contribution is 7.92. The second-order valence-electron chi connectivity index (χ2n) is 5.57. The zero-order valence-corrected chi connectivity index (χ0v) is 15.8. The van der Waals surface area contributed by atoms with Crippen LogP contribution in [0.3, 0.4) is 0 Å². The molecule has 0 aliphatic rings. The van der Waals surface area contributed by atoms with Gasteiger partial charge in [0.05, 0.1) is 9.92 Å². The van der Waals surface area contributed by atoms with E-state index in [1.54, 1.807) is 6.07 Å². The normalized spacial score (nSPS) is 11.2. The number of carbonyl (C=O) groups excluding carboxylic acids is 1. The van der Waals surface area contributed by atoms with Gasteiger partial charge in [-0.3, -0.25) is 4.79 Å². The minimum atomic E-state index is -4.13. The third-order valence-electron chi connectivity index (χ3n) is 3.54. The van der Waals surface area contributed by atoms with E-state index in [9.17, 15) is 22.7 Å². The lowest BCUT2D eigenvalue weighted by Gasteiger charge is -2.07. The van der Waals surface area contributed by atoms with Crippen molar-refractivity contribution in [3.05, 3.63) is 59.4 Å². The first-order valence-corrected chi connectivity index (χ1v) is 9.62. The molecule has 1 heterocycles. The molecular weight excluding hydrogens is 413 g/mol. The van der Waals surface area contributed by atoms with E-state index >= 15 is 0 Å². The number of nitrogens with one attached hydrogen (secondary N) is 1. The number of esters is 1. The van der Waals surface area contributed by atoms with Crippen molar-refractivity contribution in [3.8, 4) is 22.8 Å². The van der Waals surface area contributed by atoms with Gasteiger partial charge in [-0.1, -0.05) is 29.8 Å². The summed E-state index contributed by atoms with van der Waals surface area (Å²) in [5.41, 5.74) is -0.0577. The Morgan fingerprint density at radius 1 is 1.21 bits per heavy atom. The fourth-order valence-corrected chi connectivity index (χ4v) is 3.56. The van der Waals surface area contributed by atoms with Crippen LogP contribution in [0.5, 0.6) is 11.5 Å². The number of hydrogen-bond donors (Lipinski definition) is 2. The molecule has 1 aromatic heterocycles. The standard InChI is InChI=1S/C18H13ClFNO6S/c1-10(22)26-17-15(23)16(13-9-11(20)7-8-14(13)19)27-18(17)21-28(24,25)12-5-3-2-4-6-12/h2-9,21,23H,1H3. The highest BCUT2D eigenvalue weighted by Crippen LogP contribution is 2.48. The third-order valence-corrected chi connectivity index (χ3v) is 5.22. The number of sulfonamides is 1. The Morgan fingerprint density at radius 3 is 2.54 bits per heavy atom. The van der Waals surface area contributed by atoms with E-state index in [2.05, 4.69) is 4.72 Å². The number of ether oxygens (including phenoxy) is 1. The summed E-state index contributed by atoms with van der Waals surface area (Å²) in [5, 5.41) is 10.4. The minimum Gasteiger partial charge on any atom is -0.502 e. The van der Waals surface area contributed by atoms with Crippen molar-refractivity contribution >= 4 is 33.5 Å². The van der Waals surface area contributed by atoms with E-state index in [-0.39, 0.29) is 21.2 Å². The molecule has 3 aromatic rings. The summed E-state index contributed by atoms with van der Waals surface area (Å²) in [6.45, 7) is 1.05.